The fourth-order valence-electron chi connectivity index (χ4n) is 5.45. The van der Waals surface area contributed by atoms with E-state index in [-0.39, 0.29) is 134 Å². The van der Waals surface area contributed by atoms with Crippen molar-refractivity contribution in [2.24, 2.45) is 5.73 Å². The summed E-state index contributed by atoms with van der Waals surface area (Å²) < 4.78 is 4.11. The van der Waals surface area contributed by atoms with E-state index in [1.54, 1.807) is 61.0 Å². The van der Waals surface area contributed by atoms with Crippen LogP contribution in [0.3, 0.4) is 0 Å². The third-order valence-electron chi connectivity index (χ3n) is 7.49. The number of hydrogen-bond donors (Lipinski definition) is 4. The van der Waals surface area contributed by atoms with Gasteiger partial charge in [0, 0.05) is 11.1 Å². The van der Waals surface area contributed by atoms with Crippen LogP contribution in [0.4, 0.5) is 29.0 Å². The molecule has 0 spiro atoms. The standard InChI is InChI=1S/C32H26ClN7O5S.3Na/c1-15-14-16(2)27(37-32-39-30(33)38-31(40-32)36-21-10-6-7-11-23(21)43-44-45-46)17(3)26(15)35-22-13-12-20(34)24-25(22)29(42)19-9-5-4-8-18(19)28(24)41;;;/h4-13,20,35,46H,34H2,1-3H3,(H2,36,37,38,39,40);;;/q-2;3*+1/p-1. The summed E-state index contributed by atoms with van der Waals surface area (Å²) in [6.07, 6.45) is 3.42. The van der Waals surface area contributed by atoms with Gasteiger partial charge in [0.2, 0.25) is 17.2 Å². The number of anilines is 5. The van der Waals surface area contributed by atoms with Crippen LogP contribution in [0, 0.1) is 33.3 Å². The maximum absolute atomic E-state index is 13.7. The minimum Gasteiger partial charge on any atom is -0.578 e. The Morgan fingerprint density at radius 2 is 1.45 bits per heavy atom. The second kappa shape index (κ2) is 18.0. The third kappa shape index (κ3) is 8.76. The van der Waals surface area contributed by atoms with Crippen molar-refractivity contribution in [2.75, 3.05) is 16.0 Å². The Kier molecular flexibility index (Phi) is 15.3. The second-order valence-electron chi connectivity index (χ2n) is 10.4. The Bertz CT molecular complexity index is 1980. The van der Waals surface area contributed by atoms with E-state index in [1.807, 2.05) is 20.8 Å². The first kappa shape index (κ1) is 41.5. The predicted molar refractivity (Wildman–Crippen MR) is 174 cm³/mol. The molecule has 2 aliphatic rings. The maximum Gasteiger partial charge on any atom is 1.00 e. The van der Waals surface area contributed by atoms with Gasteiger partial charge in [-0.2, -0.15) is 21.0 Å². The number of aryl methyl sites for hydroxylation is 2. The number of ketones is 2. The van der Waals surface area contributed by atoms with Crippen LogP contribution in [-0.2, 0) is 22.3 Å². The molecule has 5 N–H and O–H groups in total. The van der Waals surface area contributed by atoms with Gasteiger partial charge >= 0.3 is 88.7 Å². The molecule has 0 aliphatic heterocycles. The number of Topliss-reactive ketones (excluding diaryl/α,β-unsaturated/α-hetero) is 2. The van der Waals surface area contributed by atoms with Crippen LogP contribution in [0.15, 0.2) is 71.5 Å². The summed E-state index contributed by atoms with van der Waals surface area (Å²) in [5, 5.41) is 14.0. The third-order valence-corrected chi connectivity index (χ3v) is 7.72. The van der Waals surface area contributed by atoms with E-state index in [0.717, 1.165) is 16.7 Å². The number of carbonyl (C=O) groups excluding carboxylic acids is 2. The molecule has 1 unspecified atom stereocenters. The Hall–Kier alpha value is -1.92. The van der Waals surface area contributed by atoms with E-state index in [9.17, 15) is 9.59 Å². The Labute approximate surface area is 359 Å². The van der Waals surface area contributed by atoms with Gasteiger partial charge < -0.3 is 43.8 Å². The molecular weight excluding hydrogens is 699 g/mol. The monoisotopic (exact) mass is 723 g/mol. The number of para-hydroxylation sites is 2. The molecule has 1 aromatic heterocycles. The van der Waals surface area contributed by atoms with Crippen LogP contribution in [-0.4, -0.2) is 32.6 Å². The fraction of sp³-hybridized carbons (Fsp3) is 0.125. The Morgan fingerprint density at radius 1 is 0.857 bits per heavy atom. The molecule has 12 nitrogen and oxygen atoms in total. The topological polar surface area (TPSA) is 163 Å². The smallest absolute Gasteiger partial charge is 0.578 e. The molecule has 1 heterocycles. The summed E-state index contributed by atoms with van der Waals surface area (Å²) in [6, 6.07) is 16.2. The van der Waals surface area contributed by atoms with Crippen molar-refractivity contribution < 1.29 is 113 Å². The van der Waals surface area contributed by atoms with Gasteiger partial charge in [-0.15, -0.1) is 22.4 Å². The van der Waals surface area contributed by atoms with Gasteiger partial charge in [0.25, 0.3) is 0 Å². The number of allylic oxidation sites excluding steroid dienone is 1. The summed E-state index contributed by atoms with van der Waals surface area (Å²) in [4.78, 5) is 45.0. The minimum absolute atomic E-state index is 0. The summed E-state index contributed by atoms with van der Waals surface area (Å²) in [7, 11) is 0. The summed E-state index contributed by atoms with van der Waals surface area (Å²) in [6.45, 7) is 5.68. The molecular formula is C32H25ClN7Na3O5S. The largest absolute Gasteiger partial charge is 1.00 e. The number of halogens is 1. The molecule has 1 atom stereocenters. The van der Waals surface area contributed by atoms with Crippen molar-refractivity contribution in [1.29, 1.82) is 0 Å². The van der Waals surface area contributed by atoms with Gasteiger partial charge in [-0.1, -0.05) is 68.5 Å². The van der Waals surface area contributed by atoms with Gasteiger partial charge in [0.15, 0.2) is 17.3 Å². The van der Waals surface area contributed by atoms with Crippen molar-refractivity contribution in [2.45, 2.75) is 26.8 Å². The SMILES string of the molecule is Cc1[c-]c(C)c(Nc2nc(Cl)nc(Nc3ccccc3OOO[S-])n2)c(C)c1NC1=C[CH-]C(N)C2=C1C(=O)c1ccccc1C2=O.[Na+].[Na+].[Na+]. The quantitative estimate of drug-likeness (QED) is 0.0447. The first-order valence-corrected chi connectivity index (χ1v) is 14.6. The number of nitrogens with one attached hydrogen (secondary N) is 3. The first-order chi connectivity index (χ1) is 22.2. The van der Waals surface area contributed by atoms with Gasteiger partial charge in [-0.05, 0) is 46.0 Å². The normalized spacial score (nSPS) is 14.5. The molecule has 234 valence electrons. The van der Waals surface area contributed by atoms with Crippen molar-refractivity contribution in [3.63, 3.8) is 0 Å². The molecule has 3 aromatic carbocycles. The number of nitrogens with zero attached hydrogens (tertiary/aromatic N) is 3. The van der Waals surface area contributed by atoms with E-state index < -0.39 is 6.04 Å². The number of hydrogen-bond acceptors (Lipinski definition) is 13. The zero-order valence-electron chi connectivity index (χ0n) is 27.6. The van der Waals surface area contributed by atoms with Crippen molar-refractivity contribution in [3.8, 4) is 5.75 Å². The molecule has 0 radical (unpaired) electrons. The Morgan fingerprint density at radius 3 is 2.12 bits per heavy atom. The van der Waals surface area contributed by atoms with Gasteiger partial charge in [-0.3, -0.25) is 9.59 Å². The van der Waals surface area contributed by atoms with E-state index in [1.165, 1.54) is 0 Å². The molecule has 0 fully saturated rings. The van der Waals surface area contributed by atoms with Crippen LogP contribution in [0.1, 0.15) is 37.4 Å². The van der Waals surface area contributed by atoms with Gasteiger partial charge in [0.05, 0.1) is 5.69 Å². The van der Waals surface area contributed by atoms with Crippen LogP contribution in [0.25, 0.3) is 0 Å². The average Bonchev–Trinajstić information content (AvgIpc) is 3.03. The number of benzene rings is 3. The molecule has 0 saturated carbocycles. The molecule has 49 heavy (non-hydrogen) atoms. The van der Waals surface area contributed by atoms with Crippen LogP contribution in [0.5, 0.6) is 5.75 Å². The molecule has 2 aliphatic carbocycles. The molecule has 17 heteroatoms. The van der Waals surface area contributed by atoms with E-state index in [4.69, 9.17) is 22.2 Å². The number of nitrogens with two attached hydrogens (primary N) is 1. The number of carbonyl (C=O) groups is 2. The number of rotatable bonds is 9. The van der Waals surface area contributed by atoms with Gasteiger partial charge in [-0.25, -0.2) is 12.5 Å². The zero-order valence-corrected chi connectivity index (χ0v) is 35.2. The predicted octanol–water partition coefficient (Wildman–Crippen LogP) is -3.33. The minimum atomic E-state index is -0.716. The summed E-state index contributed by atoms with van der Waals surface area (Å²) in [5.41, 5.74) is 12.0. The van der Waals surface area contributed by atoms with Crippen LogP contribution >= 0.6 is 11.6 Å². The number of fused-ring (bicyclic) bond motifs is 1. The fourth-order valence-corrected chi connectivity index (χ4v) is 5.64. The van der Waals surface area contributed by atoms with Crippen LogP contribution < -0.4 is 115 Å². The first-order valence-electron chi connectivity index (χ1n) is 13.9. The van der Waals surface area contributed by atoms with E-state index in [2.05, 4.69) is 59.3 Å². The van der Waals surface area contributed by atoms with Crippen molar-refractivity contribution in [1.82, 2.24) is 15.0 Å². The molecule has 0 saturated heterocycles. The molecule has 0 amide bonds. The van der Waals surface area contributed by atoms with E-state index in [0.29, 0.717) is 33.9 Å². The van der Waals surface area contributed by atoms with E-state index >= 15 is 0 Å². The zero-order chi connectivity index (χ0) is 32.5. The maximum atomic E-state index is 13.7. The average molecular weight is 724 g/mol. The van der Waals surface area contributed by atoms with Crippen molar-refractivity contribution >= 4 is 65.0 Å². The molecule has 0 bridgehead atoms. The second-order valence-corrected chi connectivity index (χ2v) is 10.9. The summed E-state index contributed by atoms with van der Waals surface area (Å²) in [5.74, 6) is -0.0242. The molecule has 6 rings (SSSR count). The Balaban J connectivity index is 0.00000217. The summed E-state index contributed by atoms with van der Waals surface area (Å²) >= 11 is 10.6. The number of aromatic nitrogens is 3. The van der Waals surface area contributed by atoms with Crippen molar-refractivity contribution in [3.05, 3.63) is 117 Å². The van der Waals surface area contributed by atoms with Crippen LogP contribution in [0.2, 0.25) is 5.28 Å². The molecule has 4 aromatic rings. The van der Waals surface area contributed by atoms with Gasteiger partial charge in [0.1, 0.15) is 0 Å².